The number of aliphatic hydroxyl groups excluding tert-OH is 1. The Morgan fingerprint density at radius 1 is 1.16 bits per heavy atom. The molecule has 1 saturated heterocycles. The molecular formula is C23H23ClN6O2. The number of ether oxygens (including phenoxy) is 1. The van der Waals surface area contributed by atoms with E-state index in [1.807, 2.05) is 18.2 Å². The van der Waals surface area contributed by atoms with Crippen molar-refractivity contribution in [1.82, 2.24) is 10.2 Å². The third-order valence-electron chi connectivity index (χ3n) is 5.58. The molecule has 2 aromatic carbocycles. The van der Waals surface area contributed by atoms with Gasteiger partial charge in [-0.2, -0.15) is 10.5 Å². The lowest BCUT2D eigenvalue weighted by Crippen LogP contribution is -2.22. The summed E-state index contributed by atoms with van der Waals surface area (Å²) >= 11 is 0. The van der Waals surface area contributed by atoms with E-state index in [1.54, 1.807) is 18.2 Å². The molecule has 1 aromatic heterocycles. The Labute approximate surface area is 192 Å². The van der Waals surface area contributed by atoms with Crippen molar-refractivity contribution in [3.8, 4) is 17.9 Å². The number of nitriles is 2. The first kappa shape index (κ1) is 23.1. The normalized spacial score (nSPS) is 15.0. The molecule has 9 heteroatoms. The maximum atomic E-state index is 9.47. The molecular weight excluding hydrogens is 428 g/mol. The Kier molecular flexibility index (Phi) is 7.32. The van der Waals surface area contributed by atoms with Gasteiger partial charge >= 0.3 is 0 Å². The number of hydrogen-bond donors (Lipinski definition) is 2. The van der Waals surface area contributed by atoms with E-state index >= 15 is 0 Å². The Balaban J connectivity index is 0.00000289. The second kappa shape index (κ2) is 10.1. The standard InChI is InChI=1S/C23H22N6O2.ClH/c1-31-21-5-3-16(8-18(21)11-25)12-26-22-20-9-15(10-24)2-4-19(20)23(28-27-22)29-7-6-17(13-29)14-30;/h2-5,8-9,17,30H,6-7,12-14H2,1H3,(H,26,27);1H. The Morgan fingerprint density at radius 3 is 2.69 bits per heavy atom. The smallest absolute Gasteiger partial charge is 0.159 e. The summed E-state index contributed by atoms with van der Waals surface area (Å²) in [5, 5.41) is 42.0. The minimum atomic E-state index is 0. The maximum absolute atomic E-state index is 9.47. The zero-order valence-corrected chi connectivity index (χ0v) is 18.4. The van der Waals surface area contributed by atoms with E-state index in [-0.39, 0.29) is 24.9 Å². The number of aromatic nitrogens is 2. The Morgan fingerprint density at radius 2 is 2.00 bits per heavy atom. The number of hydrogen-bond acceptors (Lipinski definition) is 8. The predicted molar refractivity (Wildman–Crippen MR) is 124 cm³/mol. The molecule has 0 bridgehead atoms. The summed E-state index contributed by atoms with van der Waals surface area (Å²) in [7, 11) is 1.54. The molecule has 1 atom stereocenters. The summed E-state index contributed by atoms with van der Waals surface area (Å²) in [5.41, 5.74) is 1.91. The van der Waals surface area contributed by atoms with Crippen molar-refractivity contribution >= 4 is 34.8 Å². The second-order valence-corrected chi connectivity index (χ2v) is 7.53. The van der Waals surface area contributed by atoms with E-state index < -0.39 is 0 Å². The average Bonchev–Trinajstić information content (AvgIpc) is 3.31. The molecule has 0 spiro atoms. The molecule has 2 heterocycles. The zero-order valence-electron chi connectivity index (χ0n) is 17.6. The highest BCUT2D eigenvalue weighted by Crippen LogP contribution is 2.32. The fraction of sp³-hybridized carbons (Fsp3) is 0.304. The van der Waals surface area contributed by atoms with E-state index in [0.717, 1.165) is 41.7 Å². The molecule has 4 rings (SSSR count). The molecule has 8 nitrogen and oxygen atoms in total. The highest BCUT2D eigenvalue weighted by molar-refractivity contribution is 5.99. The molecule has 2 N–H and O–H groups in total. The van der Waals surface area contributed by atoms with Crippen molar-refractivity contribution in [2.75, 3.05) is 37.0 Å². The topological polar surface area (TPSA) is 118 Å². The largest absolute Gasteiger partial charge is 0.495 e. The summed E-state index contributed by atoms with van der Waals surface area (Å²) in [6.07, 6.45) is 0.911. The molecule has 3 aromatic rings. The van der Waals surface area contributed by atoms with Gasteiger partial charge in [0.05, 0.1) is 24.3 Å². The second-order valence-electron chi connectivity index (χ2n) is 7.53. The van der Waals surface area contributed by atoms with E-state index in [0.29, 0.717) is 29.2 Å². The van der Waals surface area contributed by atoms with E-state index in [4.69, 9.17) is 4.74 Å². The van der Waals surface area contributed by atoms with Gasteiger partial charge in [0.25, 0.3) is 0 Å². The minimum Gasteiger partial charge on any atom is -0.495 e. The Hall–Kier alpha value is -3.59. The quantitative estimate of drug-likeness (QED) is 0.587. The Bertz CT molecular complexity index is 1200. The van der Waals surface area contributed by atoms with Crippen LogP contribution in [0.3, 0.4) is 0 Å². The number of nitrogens with one attached hydrogen (secondary N) is 1. The molecule has 0 saturated carbocycles. The number of halogens is 1. The predicted octanol–water partition coefficient (Wildman–Crippen LogP) is 3.23. The van der Waals surface area contributed by atoms with Crippen LogP contribution in [-0.4, -0.2) is 42.1 Å². The summed E-state index contributed by atoms with van der Waals surface area (Å²) in [5.74, 6) is 2.10. The van der Waals surface area contributed by atoms with Crippen LogP contribution in [0.1, 0.15) is 23.1 Å². The van der Waals surface area contributed by atoms with Crippen molar-refractivity contribution in [3.05, 3.63) is 53.1 Å². The van der Waals surface area contributed by atoms with Gasteiger partial charge in [0.15, 0.2) is 11.6 Å². The number of rotatable bonds is 6. The van der Waals surface area contributed by atoms with Gasteiger partial charge < -0.3 is 20.1 Å². The van der Waals surface area contributed by atoms with Gasteiger partial charge in [-0.1, -0.05) is 6.07 Å². The third-order valence-corrected chi connectivity index (χ3v) is 5.58. The molecule has 1 fully saturated rings. The maximum Gasteiger partial charge on any atom is 0.159 e. The molecule has 1 unspecified atom stereocenters. The summed E-state index contributed by atoms with van der Waals surface area (Å²) in [4.78, 5) is 2.13. The van der Waals surface area contributed by atoms with Gasteiger partial charge in [0, 0.05) is 42.9 Å². The minimum absolute atomic E-state index is 0. The van der Waals surface area contributed by atoms with Crippen molar-refractivity contribution in [2.45, 2.75) is 13.0 Å². The third kappa shape index (κ3) is 4.52. The van der Waals surface area contributed by atoms with Crippen LogP contribution in [0.15, 0.2) is 36.4 Å². The molecule has 0 aliphatic carbocycles. The van der Waals surface area contributed by atoms with Gasteiger partial charge in [0.1, 0.15) is 11.8 Å². The monoisotopic (exact) mass is 450 g/mol. The highest BCUT2D eigenvalue weighted by Gasteiger charge is 2.25. The highest BCUT2D eigenvalue weighted by atomic mass is 35.5. The van der Waals surface area contributed by atoms with Crippen LogP contribution < -0.4 is 15.0 Å². The van der Waals surface area contributed by atoms with Crippen LogP contribution in [-0.2, 0) is 6.54 Å². The summed E-state index contributed by atoms with van der Waals surface area (Å²) in [6.45, 7) is 2.14. The van der Waals surface area contributed by atoms with Crippen LogP contribution in [0.25, 0.3) is 10.8 Å². The van der Waals surface area contributed by atoms with Crippen molar-refractivity contribution < 1.29 is 9.84 Å². The lowest BCUT2D eigenvalue weighted by atomic mass is 10.1. The molecule has 1 aliphatic rings. The van der Waals surface area contributed by atoms with Crippen LogP contribution in [0.5, 0.6) is 5.75 Å². The van der Waals surface area contributed by atoms with E-state index in [2.05, 4.69) is 32.6 Å². The summed E-state index contributed by atoms with van der Waals surface area (Å²) < 4.78 is 5.20. The van der Waals surface area contributed by atoms with Gasteiger partial charge in [-0.05, 0) is 42.3 Å². The van der Waals surface area contributed by atoms with Crippen LogP contribution in [0.2, 0.25) is 0 Å². The number of aliphatic hydroxyl groups is 1. The van der Waals surface area contributed by atoms with Crippen molar-refractivity contribution in [1.29, 1.82) is 10.5 Å². The number of anilines is 2. The van der Waals surface area contributed by atoms with Gasteiger partial charge in [0.2, 0.25) is 0 Å². The first-order valence-corrected chi connectivity index (χ1v) is 10.0. The molecule has 1 aliphatic heterocycles. The van der Waals surface area contributed by atoms with Crippen LogP contribution in [0, 0.1) is 28.6 Å². The molecule has 0 amide bonds. The van der Waals surface area contributed by atoms with E-state index in [9.17, 15) is 15.6 Å². The zero-order chi connectivity index (χ0) is 21.8. The first-order valence-electron chi connectivity index (χ1n) is 10.0. The molecule has 32 heavy (non-hydrogen) atoms. The van der Waals surface area contributed by atoms with Gasteiger partial charge in [-0.15, -0.1) is 22.6 Å². The van der Waals surface area contributed by atoms with E-state index in [1.165, 1.54) is 7.11 Å². The van der Waals surface area contributed by atoms with Crippen LogP contribution in [0.4, 0.5) is 11.6 Å². The van der Waals surface area contributed by atoms with Crippen molar-refractivity contribution in [3.63, 3.8) is 0 Å². The van der Waals surface area contributed by atoms with Gasteiger partial charge in [-0.25, -0.2) is 0 Å². The lowest BCUT2D eigenvalue weighted by Gasteiger charge is -2.20. The van der Waals surface area contributed by atoms with Crippen LogP contribution >= 0.6 is 12.4 Å². The fourth-order valence-electron chi connectivity index (χ4n) is 3.89. The average molecular weight is 451 g/mol. The lowest BCUT2D eigenvalue weighted by molar-refractivity contribution is 0.238. The first-order chi connectivity index (χ1) is 15.2. The number of fused-ring (bicyclic) bond motifs is 1. The number of methoxy groups -OCH3 is 1. The summed E-state index contributed by atoms with van der Waals surface area (Å²) in [6, 6.07) is 15.2. The fourth-order valence-corrected chi connectivity index (χ4v) is 3.89. The SMILES string of the molecule is COc1ccc(CNc2nnc(N3CCC(CO)C3)c3ccc(C#N)cc23)cc1C#N.Cl. The molecule has 164 valence electrons. The number of nitrogens with zero attached hydrogens (tertiary/aromatic N) is 5. The molecule has 0 radical (unpaired) electrons. The number of benzene rings is 2. The van der Waals surface area contributed by atoms with Gasteiger partial charge in [-0.3, -0.25) is 0 Å². The van der Waals surface area contributed by atoms with Crippen molar-refractivity contribution in [2.24, 2.45) is 5.92 Å².